The van der Waals surface area contributed by atoms with Crippen LogP contribution in [0.15, 0.2) is 0 Å². The van der Waals surface area contributed by atoms with E-state index in [-0.39, 0.29) is 0 Å². The Morgan fingerprint density at radius 3 is 1.90 bits per heavy atom. The fraction of sp³-hybridized carbons (Fsp3) is 0.500. The minimum atomic E-state index is -2.09. The first-order valence-corrected chi connectivity index (χ1v) is 2.21. The van der Waals surface area contributed by atoms with Crippen molar-refractivity contribution in [3.63, 3.8) is 0 Å². The molecule has 0 radical (unpaired) electrons. The summed E-state index contributed by atoms with van der Waals surface area (Å²) in [4.78, 5) is 14.2. The molecule has 0 aliphatic rings. The summed E-state index contributed by atoms with van der Waals surface area (Å²) in [5, 5.41) is 0.294. The molecule has 0 rings (SSSR count). The first-order valence-electron chi connectivity index (χ1n) is 2.21. The lowest BCUT2D eigenvalue weighted by molar-refractivity contribution is -0.159. The fourth-order valence-electron chi connectivity index (χ4n) is 0.200. The number of nitrogens with two attached hydrogens (primary N) is 5. The van der Waals surface area contributed by atoms with Crippen LogP contribution >= 0.6 is 0 Å². The molecule has 8 heteroatoms. The molecule has 8 nitrogen and oxygen atoms in total. The maximum Gasteiger partial charge on any atom is 0.378 e. The van der Waals surface area contributed by atoms with Crippen molar-refractivity contribution < 1.29 is 9.63 Å². The molecule has 0 aromatic carbocycles. The monoisotopic (exact) mass is 150 g/mol. The van der Waals surface area contributed by atoms with Gasteiger partial charge < -0.3 is 4.84 Å². The highest BCUT2D eigenvalue weighted by molar-refractivity contribution is 5.78. The molecule has 0 fully saturated rings. The molecule has 0 atom stereocenters. The Kier molecular flexibility index (Phi) is 2.65. The van der Waals surface area contributed by atoms with E-state index in [1.807, 2.05) is 0 Å². The molecule has 0 aliphatic heterocycles. The molecule has 0 unspecified atom stereocenters. The van der Waals surface area contributed by atoms with Gasteiger partial charge in [0.15, 0.2) is 0 Å². The second-order valence-electron chi connectivity index (χ2n) is 1.64. The zero-order valence-corrected chi connectivity index (χ0v) is 5.15. The number of carbonyl (C=O) groups excluding carboxylic acids is 1. The van der Waals surface area contributed by atoms with E-state index in [4.69, 9.17) is 23.2 Å². The number of nitrogens with zero attached hydrogens (tertiary/aromatic N) is 1. The van der Waals surface area contributed by atoms with Crippen molar-refractivity contribution in [3.8, 4) is 0 Å². The maximum absolute atomic E-state index is 10.5. The van der Waals surface area contributed by atoms with Crippen LogP contribution in [0.3, 0.4) is 0 Å². The first-order chi connectivity index (χ1) is 4.42. The van der Waals surface area contributed by atoms with Gasteiger partial charge in [-0.2, -0.15) is 5.90 Å². The lowest BCUT2D eigenvalue weighted by Crippen LogP contribution is -2.73. The van der Waals surface area contributed by atoms with Gasteiger partial charge in [0, 0.05) is 0 Å². The van der Waals surface area contributed by atoms with Crippen LogP contribution < -0.4 is 29.0 Å². The zero-order chi connectivity index (χ0) is 8.36. The molecule has 0 aliphatic carbocycles. The molecule has 0 aromatic rings. The molecule has 0 amide bonds. The van der Waals surface area contributed by atoms with E-state index in [9.17, 15) is 4.79 Å². The summed E-state index contributed by atoms with van der Waals surface area (Å²) < 4.78 is 0. The van der Waals surface area contributed by atoms with Gasteiger partial charge in [0.2, 0.25) is 5.79 Å². The smallest absolute Gasteiger partial charge is 0.370 e. The highest BCUT2D eigenvalue weighted by Crippen LogP contribution is 1.90. The highest BCUT2D eigenvalue weighted by atomic mass is 16.7. The van der Waals surface area contributed by atoms with Gasteiger partial charge >= 0.3 is 5.97 Å². The predicted octanol–water partition coefficient (Wildman–Crippen LogP) is -3.98. The standard InChI is InChI=1S/C2H10N6O2/c3-2(4,8(5)6)1(9)10-7/h3-7H2. The van der Waals surface area contributed by atoms with Crippen molar-refractivity contribution in [3.05, 3.63) is 0 Å². The third-order valence-electron chi connectivity index (χ3n) is 0.861. The summed E-state index contributed by atoms with van der Waals surface area (Å²) in [5.74, 6) is 10.9. The molecule has 10 heavy (non-hydrogen) atoms. The Labute approximate surface area is 56.7 Å². The van der Waals surface area contributed by atoms with Crippen LogP contribution in [0.4, 0.5) is 0 Å². The minimum Gasteiger partial charge on any atom is -0.370 e. The maximum atomic E-state index is 10.5. The second-order valence-corrected chi connectivity index (χ2v) is 1.64. The highest BCUT2D eigenvalue weighted by Gasteiger charge is 2.35. The van der Waals surface area contributed by atoms with Gasteiger partial charge in [-0.25, -0.2) is 4.79 Å². The molecule has 0 heterocycles. The van der Waals surface area contributed by atoms with E-state index in [0.29, 0.717) is 5.12 Å². The quantitative estimate of drug-likeness (QED) is 0.151. The molecule has 10 N–H and O–H groups in total. The minimum absolute atomic E-state index is 0.294. The van der Waals surface area contributed by atoms with Gasteiger partial charge in [0.25, 0.3) is 0 Å². The SMILES string of the molecule is NOC(=O)C(N)(N)N(N)N. The van der Waals surface area contributed by atoms with Gasteiger partial charge in [-0.15, -0.1) is 5.12 Å². The number of hydrogen-bond acceptors (Lipinski definition) is 8. The van der Waals surface area contributed by atoms with Crippen LogP contribution in [0.25, 0.3) is 0 Å². The lowest BCUT2D eigenvalue weighted by Gasteiger charge is -2.26. The molecule has 0 aromatic heterocycles. The van der Waals surface area contributed by atoms with E-state index in [2.05, 4.69) is 10.7 Å². The largest absolute Gasteiger partial charge is 0.378 e. The molecular weight excluding hydrogens is 140 g/mol. The van der Waals surface area contributed by atoms with E-state index in [1.54, 1.807) is 0 Å². The van der Waals surface area contributed by atoms with Gasteiger partial charge in [0.05, 0.1) is 0 Å². The van der Waals surface area contributed by atoms with Crippen molar-refractivity contribution in [2.45, 2.75) is 5.79 Å². The van der Waals surface area contributed by atoms with Crippen molar-refractivity contribution in [1.82, 2.24) is 5.12 Å². The summed E-state index contributed by atoms with van der Waals surface area (Å²) in [5.41, 5.74) is 10.0. The predicted molar refractivity (Wildman–Crippen MR) is 31.6 cm³/mol. The Balaban J connectivity index is 4.24. The Morgan fingerprint density at radius 2 is 1.80 bits per heavy atom. The molecule has 0 saturated heterocycles. The summed E-state index contributed by atoms with van der Waals surface area (Å²) >= 11 is 0. The Morgan fingerprint density at radius 1 is 1.40 bits per heavy atom. The van der Waals surface area contributed by atoms with Crippen molar-refractivity contribution >= 4 is 5.97 Å². The number of hydrogen-bond donors (Lipinski definition) is 5. The van der Waals surface area contributed by atoms with Crippen LogP contribution in [0.1, 0.15) is 0 Å². The van der Waals surface area contributed by atoms with Crippen molar-refractivity contribution in [2.75, 3.05) is 0 Å². The normalized spacial score (nSPS) is 11.8. The van der Waals surface area contributed by atoms with E-state index in [0.717, 1.165) is 0 Å². The van der Waals surface area contributed by atoms with Crippen LogP contribution in [0.5, 0.6) is 0 Å². The van der Waals surface area contributed by atoms with Crippen molar-refractivity contribution in [2.24, 2.45) is 29.0 Å². The first kappa shape index (κ1) is 9.23. The summed E-state index contributed by atoms with van der Waals surface area (Å²) in [7, 11) is 0. The average Bonchev–Trinajstić information content (AvgIpc) is 1.86. The third kappa shape index (κ3) is 1.60. The molecule has 0 bridgehead atoms. The van der Waals surface area contributed by atoms with Gasteiger partial charge in [-0.05, 0) is 0 Å². The zero-order valence-electron chi connectivity index (χ0n) is 5.15. The number of rotatable bonds is 2. The van der Waals surface area contributed by atoms with Crippen LogP contribution in [0.2, 0.25) is 0 Å². The Bertz CT molecular complexity index is 132. The van der Waals surface area contributed by atoms with Crippen LogP contribution in [-0.2, 0) is 9.63 Å². The lowest BCUT2D eigenvalue weighted by atomic mass is 10.4. The van der Waals surface area contributed by atoms with Gasteiger partial charge in [-0.1, -0.05) is 0 Å². The topological polar surface area (TPSA) is 160 Å². The number of carbonyl (C=O) groups is 1. The average molecular weight is 150 g/mol. The molecule has 60 valence electrons. The van der Waals surface area contributed by atoms with E-state index >= 15 is 0 Å². The van der Waals surface area contributed by atoms with Gasteiger partial charge in [-0.3, -0.25) is 23.2 Å². The van der Waals surface area contributed by atoms with Crippen molar-refractivity contribution in [1.29, 1.82) is 0 Å². The molecular formula is C2H10N6O2. The summed E-state index contributed by atoms with van der Waals surface area (Å²) in [6, 6.07) is 0. The van der Waals surface area contributed by atoms with Crippen LogP contribution in [-0.4, -0.2) is 16.9 Å². The summed E-state index contributed by atoms with van der Waals surface area (Å²) in [6.07, 6.45) is 0. The summed E-state index contributed by atoms with van der Waals surface area (Å²) in [6.45, 7) is 0. The van der Waals surface area contributed by atoms with Gasteiger partial charge in [0.1, 0.15) is 0 Å². The van der Waals surface area contributed by atoms with E-state index < -0.39 is 11.8 Å². The third-order valence-corrected chi connectivity index (χ3v) is 0.861. The van der Waals surface area contributed by atoms with Crippen LogP contribution in [0, 0.1) is 0 Å². The Hall–Kier alpha value is -0.770. The second kappa shape index (κ2) is 2.88. The molecule has 0 saturated carbocycles. The fourth-order valence-corrected chi connectivity index (χ4v) is 0.200. The molecule has 0 spiro atoms. The van der Waals surface area contributed by atoms with E-state index in [1.165, 1.54) is 0 Å². The number of hydrazine groups is 2.